The van der Waals surface area contributed by atoms with Gasteiger partial charge in [0.05, 0.1) is 56.7 Å². The smallest absolute Gasteiger partial charge is 0.310 e. The lowest BCUT2D eigenvalue weighted by Gasteiger charge is -2.56. The zero-order chi connectivity index (χ0) is 107. The van der Waals surface area contributed by atoms with E-state index in [4.69, 9.17) is 67.8 Å². The number of hydrogen-bond acceptors (Lipinski definition) is 30. The molecule has 822 valence electrons. The van der Waals surface area contributed by atoms with Gasteiger partial charge < -0.3 is 72.5 Å². The molecule has 30 heteroatoms. The summed E-state index contributed by atoms with van der Waals surface area (Å²) in [6, 6.07) is 1.15. The highest BCUT2D eigenvalue weighted by Crippen LogP contribution is 2.49. The van der Waals surface area contributed by atoms with Crippen LogP contribution >= 0.6 is 0 Å². The summed E-state index contributed by atoms with van der Waals surface area (Å²) in [5.74, 6) is -0.202. The lowest BCUT2D eigenvalue weighted by Crippen LogP contribution is -2.63. The Kier molecular flexibility index (Phi) is 40.2. The van der Waals surface area contributed by atoms with Crippen LogP contribution in [0, 0.1) is 28.1 Å². The summed E-state index contributed by atoms with van der Waals surface area (Å²) in [7, 11) is 15.0. The molecule has 2 atom stereocenters. The number of ketones is 1. The monoisotopic (exact) mass is 2010 g/mol. The Labute approximate surface area is 868 Å². The van der Waals surface area contributed by atoms with E-state index in [1.54, 1.807) is 7.11 Å². The molecule has 0 aromatic carbocycles. The predicted molar refractivity (Wildman–Crippen MR) is 581 cm³/mol. The minimum absolute atomic E-state index is 0.0123. The maximum absolute atomic E-state index is 14.4. The Balaban J connectivity index is 0.000000339. The van der Waals surface area contributed by atoms with Crippen LogP contribution in [0.2, 0.25) is 0 Å². The first kappa shape index (κ1) is 121. The molecule has 2 aromatic rings. The van der Waals surface area contributed by atoms with E-state index in [1.807, 2.05) is 27.7 Å². The first-order chi connectivity index (χ1) is 66.0. The van der Waals surface area contributed by atoms with Crippen molar-refractivity contribution in [1.82, 2.24) is 59.3 Å². The number of nitrogens with one attached hydrogen (secondary N) is 1. The zero-order valence-corrected chi connectivity index (χ0v) is 98.4. The van der Waals surface area contributed by atoms with Crippen LogP contribution in [0.5, 0.6) is 0 Å². The second-order valence-corrected chi connectivity index (χ2v) is 54.0. The first-order valence-electron chi connectivity index (χ1n) is 55.5. The molecule has 143 heavy (non-hydrogen) atoms. The number of unbranched alkanes of at least 4 members (excludes halogenated alkanes) is 4. The van der Waals surface area contributed by atoms with E-state index in [1.165, 1.54) is 6.92 Å². The van der Waals surface area contributed by atoms with E-state index < -0.39 is 71.8 Å². The Morgan fingerprint density at radius 1 is 0.364 bits per heavy atom. The molecule has 0 saturated carbocycles. The van der Waals surface area contributed by atoms with Gasteiger partial charge in [-0.25, -0.2) is 0 Å². The summed E-state index contributed by atoms with van der Waals surface area (Å²) in [6.45, 7) is 84.1. The summed E-state index contributed by atoms with van der Waals surface area (Å²) in [5.41, 5.74) is -2.63. The summed E-state index contributed by atoms with van der Waals surface area (Å²) in [4.78, 5) is 117. The van der Waals surface area contributed by atoms with Gasteiger partial charge in [-0.05, 0) is 305 Å². The highest BCUT2D eigenvalue weighted by atomic mass is 16.7. The Morgan fingerprint density at radius 2 is 0.629 bits per heavy atom. The van der Waals surface area contributed by atoms with Crippen LogP contribution in [-0.2, 0) is 57.1 Å². The number of anilines is 6. The normalized spacial score (nSPS) is 25.4. The summed E-state index contributed by atoms with van der Waals surface area (Å²) in [5, 5.41) is 3.87. The highest BCUT2D eigenvalue weighted by molar-refractivity contribution is 5.90. The third-order valence-electron chi connectivity index (χ3n) is 35.5. The molecule has 2 aromatic heterocycles. The van der Waals surface area contributed by atoms with E-state index in [-0.39, 0.29) is 115 Å². The summed E-state index contributed by atoms with van der Waals surface area (Å²) < 4.78 is 48.3. The van der Waals surface area contributed by atoms with Gasteiger partial charge in [-0.1, -0.05) is 88.0 Å². The quantitative estimate of drug-likeness (QED) is 0.0367. The van der Waals surface area contributed by atoms with Crippen molar-refractivity contribution in [3.63, 3.8) is 0 Å². The van der Waals surface area contributed by atoms with Crippen molar-refractivity contribution in [1.29, 1.82) is 0 Å². The predicted octanol–water partition coefficient (Wildman–Crippen LogP) is 19.8. The molecule has 8 saturated heterocycles. The third-order valence-corrected chi connectivity index (χ3v) is 35.5. The molecule has 1 N–H and O–H groups in total. The number of likely N-dealkylation sites (tertiary alicyclic amines) is 6. The fourth-order valence-electron chi connectivity index (χ4n) is 25.3. The first-order valence-corrected chi connectivity index (χ1v) is 55.5. The van der Waals surface area contributed by atoms with Crippen molar-refractivity contribution in [2.45, 2.75) is 505 Å². The van der Waals surface area contributed by atoms with Gasteiger partial charge in [-0.15, -0.1) is 0 Å². The van der Waals surface area contributed by atoms with E-state index in [9.17, 15) is 19.2 Å². The Morgan fingerprint density at radius 3 is 0.902 bits per heavy atom. The molecule has 8 aliphatic heterocycles. The summed E-state index contributed by atoms with van der Waals surface area (Å²) >= 11 is 0. The van der Waals surface area contributed by atoms with Crippen LogP contribution in [-0.4, -0.2) is 333 Å². The van der Waals surface area contributed by atoms with Gasteiger partial charge in [0.2, 0.25) is 35.7 Å². The topological polar surface area (TPSA) is 267 Å². The van der Waals surface area contributed by atoms with E-state index in [2.05, 4.69) is 302 Å². The molecule has 10 rings (SSSR count). The number of aromatic nitrogens is 6. The standard InChI is InChI=1S/C68H130N16.C45H78N2O12/c1-26-31-39-81(51-43-61(6,7)76(22)62(8,9)44-51)57-70-55(71-58(74-57)82(40-32-27-2)52-45-63(10,11)77(23)64(12,13)46-52)69-36-35-38-80(37-30-5)56-72-59(83(41-33-28-3)53-47-65(14,15)78(24)66(16,17)48-53)75-60(73-56)84(42-34-29-4)54-49-67(18,19)79(25)68(20,21)50-54;1-29(48)17-32(35(50)58-30-19-41(6,7)46(14)42(8,9)20-30)33(36(51)59-31-21-43(10,11)47(15)44(12,13)22-31)18-34(49)53-24-40(4,5)38-56-27-45(28-57-38)25-54-37(55-26-45)39(2,3)23-52-16/h51-54H,26-50H2,1-25H3,(H,69,70,71,74);30-33,37-38H,17-28H2,1-16H3. The lowest BCUT2D eigenvalue weighted by atomic mass is 9.77. The van der Waals surface area contributed by atoms with Crippen molar-refractivity contribution in [3.05, 3.63) is 0 Å². The van der Waals surface area contributed by atoms with Gasteiger partial charge >= 0.3 is 17.9 Å². The average molecular weight is 2010 g/mol. The van der Waals surface area contributed by atoms with Crippen molar-refractivity contribution < 1.29 is 57.1 Å². The fraction of sp³-hybridized carbons (Fsp3) is 0.912. The zero-order valence-electron chi connectivity index (χ0n) is 98.4. The molecule has 0 amide bonds. The average Bonchev–Trinajstić information content (AvgIpc) is 0.757. The van der Waals surface area contributed by atoms with Gasteiger partial charge in [-0.2, -0.15) is 29.9 Å². The van der Waals surface area contributed by atoms with Crippen molar-refractivity contribution in [2.24, 2.45) is 28.1 Å². The maximum Gasteiger partial charge on any atom is 0.310 e. The number of carbonyl (C=O) groups is 4. The molecule has 8 fully saturated rings. The summed E-state index contributed by atoms with van der Waals surface area (Å²) in [6.07, 6.45) is 18.4. The van der Waals surface area contributed by atoms with E-state index in [0.717, 1.165) is 185 Å². The molecule has 1 spiro atoms. The molecule has 8 aliphatic rings. The number of ether oxygens (including phenoxy) is 8. The molecular formula is C113H208N18O12. The number of Topliss-reactive ketones (excluding diaryl/α,β-unsaturated/α-hetero) is 1. The van der Waals surface area contributed by atoms with Crippen LogP contribution in [0.1, 0.15) is 390 Å². The van der Waals surface area contributed by atoms with Gasteiger partial charge in [0.25, 0.3) is 0 Å². The SMILES string of the molecule is CCCCN(c1nc(NCCCN(CCC)c2nc(N(CCCC)C3CC(C)(C)N(C)C(C)(C)C3)nc(N(CCCC)C3CC(C)(C)N(C)C(C)(C)C3)n2)nc(N(CCCC)C2CC(C)(C)N(C)C(C)(C)C2)n1)C1CC(C)(C)N(C)C(C)(C)C1.COCC(C)(C)C1OCC2(CO1)COC(C(C)(C)COC(=O)CC(C(=O)OC1CC(C)(C)N(C)C(C)(C)C1)C(CC(C)=O)C(=O)OC1CC(C)(C)N(C)C(C)(C)C1)OC2. The molecule has 10 heterocycles. The van der Waals surface area contributed by atoms with Gasteiger partial charge in [0, 0.05) is 186 Å². The highest BCUT2D eigenvalue weighted by Gasteiger charge is 2.56. The van der Waals surface area contributed by atoms with Gasteiger partial charge in [0.15, 0.2) is 12.6 Å². The number of carbonyl (C=O) groups excluding carboxylic acids is 4. The van der Waals surface area contributed by atoms with Crippen molar-refractivity contribution >= 4 is 59.4 Å². The minimum Gasteiger partial charge on any atom is -0.465 e. The second-order valence-electron chi connectivity index (χ2n) is 54.0. The number of esters is 3. The Hall–Kier alpha value is -5.54. The molecule has 0 bridgehead atoms. The third kappa shape index (κ3) is 30.1. The molecular weight excluding hydrogens is 1800 g/mol. The maximum atomic E-state index is 14.4. The van der Waals surface area contributed by atoms with E-state index in [0.29, 0.717) is 71.2 Å². The fourth-order valence-corrected chi connectivity index (χ4v) is 25.3. The lowest BCUT2D eigenvalue weighted by molar-refractivity contribution is -0.337. The van der Waals surface area contributed by atoms with Crippen LogP contribution in [0.15, 0.2) is 0 Å². The van der Waals surface area contributed by atoms with Gasteiger partial charge in [-0.3, -0.25) is 43.8 Å². The van der Waals surface area contributed by atoms with E-state index >= 15 is 0 Å². The molecule has 0 radical (unpaired) electrons. The Bertz CT molecular complexity index is 4160. The minimum atomic E-state index is -1.31. The molecule has 0 aliphatic carbocycles. The number of methoxy groups -OCH3 is 1. The molecule has 2 unspecified atom stereocenters. The van der Waals surface area contributed by atoms with Crippen LogP contribution in [0.4, 0.5) is 35.7 Å². The van der Waals surface area contributed by atoms with Crippen LogP contribution in [0.3, 0.4) is 0 Å². The van der Waals surface area contributed by atoms with Gasteiger partial charge in [0.1, 0.15) is 24.6 Å². The number of nitrogens with zero attached hydrogens (tertiary/aromatic N) is 17. The van der Waals surface area contributed by atoms with Crippen molar-refractivity contribution in [2.75, 3.05) is 165 Å². The largest absolute Gasteiger partial charge is 0.465 e. The number of rotatable bonds is 43. The number of piperidine rings is 6. The van der Waals surface area contributed by atoms with Crippen LogP contribution in [0.25, 0.3) is 0 Å². The van der Waals surface area contributed by atoms with Crippen molar-refractivity contribution in [3.8, 4) is 0 Å². The number of hydrogen-bond donors (Lipinski definition) is 1. The second kappa shape index (κ2) is 47.6. The van der Waals surface area contributed by atoms with Crippen LogP contribution < -0.4 is 29.8 Å². The molecule has 30 nitrogen and oxygen atoms in total.